The molecule has 0 aliphatic heterocycles. The van der Waals surface area contributed by atoms with Gasteiger partial charge in [0.15, 0.2) is 0 Å². The van der Waals surface area contributed by atoms with E-state index in [4.69, 9.17) is 4.42 Å². The first kappa shape index (κ1) is 12.0. The Labute approximate surface area is 112 Å². The van der Waals surface area contributed by atoms with E-state index in [-0.39, 0.29) is 0 Å². The zero-order chi connectivity index (χ0) is 13.4. The highest BCUT2D eigenvalue weighted by Crippen LogP contribution is 2.31. The number of para-hydroxylation sites is 1. The normalized spacial score (nSPS) is 13.0. The molecule has 2 heterocycles. The molecular formula is C15H17N3O. The summed E-state index contributed by atoms with van der Waals surface area (Å²) in [6.07, 6.45) is 1.05. The van der Waals surface area contributed by atoms with Gasteiger partial charge in [0, 0.05) is 23.9 Å². The molecule has 3 rings (SSSR count). The Hall–Kier alpha value is -2.10. The summed E-state index contributed by atoms with van der Waals surface area (Å²) in [5.41, 5.74) is 2.21. The first-order valence-corrected chi connectivity index (χ1v) is 6.61. The maximum atomic E-state index is 5.59. The average Bonchev–Trinajstić information content (AvgIpc) is 3.01. The predicted molar refractivity (Wildman–Crippen MR) is 75.0 cm³/mol. The van der Waals surface area contributed by atoms with Crippen LogP contribution in [0.25, 0.3) is 22.5 Å². The van der Waals surface area contributed by atoms with E-state index in [1.54, 1.807) is 0 Å². The SMILES string of the molecule is CCC(C)n1c(-c2nnc(C)o2)cc2ccccc21. The first-order chi connectivity index (χ1) is 9.20. The lowest BCUT2D eigenvalue weighted by Crippen LogP contribution is -2.05. The minimum atomic E-state index is 0.391. The highest BCUT2D eigenvalue weighted by Gasteiger charge is 2.18. The fourth-order valence-corrected chi connectivity index (χ4v) is 2.40. The molecule has 98 valence electrons. The molecule has 0 aliphatic rings. The minimum absolute atomic E-state index is 0.391. The second-order valence-corrected chi connectivity index (χ2v) is 4.84. The topological polar surface area (TPSA) is 43.9 Å². The monoisotopic (exact) mass is 255 g/mol. The smallest absolute Gasteiger partial charge is 0.264 e. The van der Waals surface area contributed by atoms with Crippen molar-refractivity contribution in [3.05, 3.63) is 36.2 Å². The number of fused-ring (bicyclic) bond motifs is 1. The lowest BCUT2D eigenvalue weighted by Gasteiger charge is -2.15. The second-order valence-electron chi connectivity index (χ2n) is 4.84. The van der Waals surface area contributed by atoms with Crippen molar-refractivity contribution in [3.63, 3.8) is 0 Å². The molecule has 2 aromatic heterocycles. The Morgan fingerprint density at radius 3 is 2.74 bits per heavy atom. The van der Waals surface area contributed by atoms with E-state index in [1.165, 1.54) is 10.9 Å². The van der Waals surface area contributed by atoms with Gasteiger partial charge in [-0.2, -0.15) is 0 Å². The largest absolute Gasteiger partial charge is 0.420 e. The van der Waals surface area contributed by atoms with Crippen LogP contribution in [0.4, 0.5) is 0 Å². The molecule has 0 amide bonds. The molecule has 0 saturated heterocycles. The van der Waals surface area contributed by atoms with Crippen LogP contribution in [0.15, 0.2) is 34.7 Å². The summed E-state index contributed by atoms with van der Waals surface area (Å²) >= 11 is 0. The van der Waals surface area contributed by atoms with E-state index < -0.39 is 0 Å². The predicted octanol–water partition coefficient (Wildman–Crippen LogP) is 3.97. The Bertz CT molecular complexity index is 711. The zero-order valence-corrected chi connectivity index (χ0v) is 11.4. The molecule has 0 N–H and O–H groups in total. The number of hydrogen-bond donors (Lipinski definition) is 0. The third-order valence-corrected chi connectivity index (χ3v) is 3.52. The van der Waals surface area contributed by atoms with Crippen LogP contribution in [-0.4, -0.2) is 14.8 Å². The molecule has 4 nitrogen and oxygen atoms in total. The van der Waals surface area contributed by atoms with Gasteiger partial charge in [-0.15, -0.1) is 10.2 Å². The van der Waals surface area contributed by atoms with Crippen molar-refractivity contribution in [1.29, 1.82) is 0 Å². The molecule has 19 heavy (non-hydrogen) atoms. The highest BCUT2D eigenvalue weighted by molar-refractivity contribution is 5.85. The van der Waals surface area contributed by atoms with Crippen LogP contribution >= 0.6 is 0 Å². The highest BCUT2D eigenvalue weighted by atomic mass is 16.4. The quantitative estimate of drug-likeness (QED) is 0.711. The van der Waals surface area contributed by atoms with Gasteiger partial charge in [0.2, 0.25) is 5.89 Å². The van der Waals surface area contributed by atoms with Crippen molar-refractivity contribution in [2.75, 3.05) is 0 Å². The van der Waals surface area contributed by atoms with Crippen molar-refractivity contribution in [2.45, 2.75) is 33.2 Å². The van der Waals surface area contributed by atoms with Gasteiger partial charge in [0.1, 0.15) is 5.69 Å². The summed E-state index contributed by atoms with van der Waals surface area (Å²) in [5.74, 6) is 1.19. The molecule has 0 aliphatic carbocycles. The molecule has 0 bridgehead atoms. The minimum Gasteiger partial charge on any atom is -0.420 e. The van der Waals surface area contributed by atoms with Gasteiger partial charge in [-0.05, 0) is 25.5 Å². The van der Waals surface area contributed by atoms with Gasteiger partial charge in [-0.25, -0.2) is 0 Å². The fourth-order valence-electron chi connectivity index (χ4n) is 2.40. The van der Waals surface area contributed by atoms with Crippen LogP contribution in [0.2, 0.25) is 0 Å². The number of hydrogen-bond acceptors (Lipinski definition) is 3. The Balaban J connectivity index is 2.28. The van der Waals surface area contributed by atoms with E-state index in [2.05, 4.69) is 52.9 Å². The molecule has 1 unspecified atom stereocenters. The van der Waals surface area contributed by atoms with Gasteiger partial charge in [-0.3, -0.25) is 0 Å². The molecule has 1 aromatic carbocycles. The van der Waals surface area contributed by atoms with Crippen molar-refractivity contribution < 1.29 is 4.42 Å². The molecular weight excluding hydrogens is 238 g/mol. The van der Waals surface area contributed by atoms with Crippen molar-refractivity contribution in [3.8, 4) is 11.6 Å². The van der Waals surface area contributed by atoms with Crippen molar-refractivity contribution in [2.24, 2.45) is 0 Å². The summed E-state index contributed by atoms with van der Waals surface area (Å²) < 4.78 is 7.87. The third-order valence-electron chi connectivity index (χ3n) is 3.52. The van der Waals surface area contributed by atoms with Crippen LogP contribution in [0.1, 0.15) is 32.2 Å². The summed E-state index contributed by atoms with van der Waals surface area (Å²) in [5, 5.41) is 9.28. The number of aromatic nitrogens is 3. The summed E-state index contributed by atoms with van der Waals surface area (Å²) in [6, 6.07) is 10.9. The zero-order valence-electron chi connectivity index (χ0n) is 11.4. The standard InChI is InChI=1S/C15H17N3O/c1-4-10(2)18-13-8-6-5-7-12(13)9-14(18)15-17-16-11(3)19-15/h5-10H,4H2,1-3H3. The van der Waals surface area contributed by atoms with Crippen molar-refractivity contribution in [1.82, 2.24) is 14.8 Å². The van der Waals surface area contributed by atoms with Crippen LogP contribution < -0.4 is 0 Å². The molecule has 1 atom stereocenters. The molecule has 3 aromatic rings. The van der Waals surface area contributed by atoms with Gasteiger partial charge < -0.3 is 8.98 Å². The lowest BCUT2D eigenvalue weighted by molar-refractivity contribution is 0.509. The average molecular weight is 255 g/mol. The van der Waals surface area contributed by atoms with Gasteiger partial charge in [-0.1, -0.05) is 25.1 Å². The van der Waals surface area contributed by atoms with Gasteiger partial charge in [0.05, 0.1) is 0 Å². The van der Waals surface area contributed by atoms with Crippen LogP contribution in [0, 0.1) is 6.92 Å². The Kier molecular flexibility index (Phi) is 2.85. The number of aryl methyl sites for hydroxylation is 1. The van der Waals surface area contributed by atoms with Gasteiger partial charge in [0.25, 0.3) is 5.89 Å². The van der Waals surface area contributed by atoms with Crippen LogP contribution in [0.3, 0.4) is 0 Å². The van der Waals surface area contributed by atoms with Gasteiger partial charge >= 0.3 is 0 Å². The maximum Gasteiger partial charge on any atom is 0.264 e. The fraction of sp³-hybridized carbons (Fsp3) is 0.333. The van der Waals surface area contributed by atoms with E-state index in [0.717, 1.165) is 12.1 Å². The second kappa shape index (κ2) is 4.53. The van der Waals surface area contributed by atoms with Crippen molar-refractivity contribution >= 4 is 10.9 Å². The summed E-state index contributed by atoms with van der Waals surface area (Å²) in [6.45, 7) is 6.20. The van der Waals surface area contributed by atoms with E-state index in [1.807, 2.05) is 13.0 Å². The number of benzene rings is 1. The van der Waals surface area contributed by atoms with Crippen LogP contribution in [-0.2, 0) is 0 Å². The number of rotatable bonds is 3. The molecule has 0 fully saturated rings. The Morgan fingerprint density at radius 2 is 2.05 bits per heavy atom. The molecule has 0 spiro atoms. The third kappa shape index (κ3) is 1.93. The maximum absolute atomic E-state index is 5.59. The van der Waals surface area contributed by atoms with E-state index in [0.29, 0.717) is 17.8 Å². The van der Waals surface area contributed by atoms with E-state index >= 15 is 0 Å². The molecule has 4 heteroatoms. The molecule has 0 saturated carbocycles. The lowest BCUT2D eigenvalue weighted by atomic mass is 10.2. The van der Waals surface area contributed by atoms with E-state index in [9.17, 15) is 0 Å². The Morgan fingerprint density at radius 1 is 1.26 bits per heavy atom. The molecule has 0 radical (unpaired) electrons. The van der Waals surface area contributed by atoms with Crippen LogP contribution in [0.5, 0.6) is 0 Å². The summed E-state index contributed by atoms with van der Waals surface area (Å²) in [7, 11) is 0. The first-order valence-electron chi connectivity index (χ1n) is 6.61. The summed E-state index contributed by atoms with van der Waals surface area (Å²) in [4.78, 5) is 0. The number of nitrogens with zero attached hydrogens (tertiary/aromatic N) is 3.